The summed E-state index contributed by atoms with van der Waals surface area (Å²) < 4.78 is 32.3. The van der Waals surface area contributed by atoms with Crippen LogP contribution in [0.25, 0.3) is 0 Å². The molecule has 0 saturated heterocycles. The minimum Gasteiger partial charge on any atom is -0.494 e. The Morgan fingerprint density at radius 1 is 1.35 bits per heavy atom. The fraction of sp³-hybridized carbons (Fsp3) is 0.231. The molecule has 0 aliphatic carbocycles. The first-order valence-corrected chi connectivity index (χ1v) is 8.36. The van der Waals surface area contributed by atoms with Gasteiger partial charge in [0.05, 0.1) is 23.8 Å². The van der Waals surface area contributed by atoms with Gasteiger partial charge in [-0.25, -0.2) is 8.42 Å². The number of nitrogens with one attached hydrogen (secondary N) is 1. The van der Waals surface area contributed by atoms with Gasteiger partial charge in [0, 0.05) is 6.07 Å². The smallest absolute Gasteiger partial charge is 0.263 e. The van der Waals surface area contributed by atoms with Gasteiger partial charge in [0.15, 0.2) is 0 Å². The Bertz CT molecular complexity index is 679. The predicted molar refractivity (Wildman–Crippen MR) is 78.7 cm³/mol. The predicted octanol–water partition coefficient (Wildman–Crippen LogP) is 2.44. The van der Waals surface area contributed by atoms with Crippen LogP contribution in [0.1, 0.15) is 11.8 Å². The number of hydrogen-bond donors (Lipinski definition) is 2. The highest BCUT2D eigenvalue weighted by Gasteiger charge is 2.19. The van der Waals surface area contributed by atoms with Gasteiger partial charge in [-0.2, -0.15) is 0 Å². The van der Waals surface area contributed by atoms with Gasteiger partial charge in [-0.1, -0.05) is 6.07 Å². The van der Waals surface area contributed by atoms with E-state index in [1.165, 1.54) is 17.4 Å². The molecule has 0 atom stereocenters. The fourth-order valence-corrected chi connectivity index (χ4v) is 4.06. The van der Waals surface area contributed by atoms with Crippen molar-refractivity contribution in [3.8, 4) is 5.75 Å². The number of hydrogen-bond acceptors (Lipinski definition) is 5. The van der Waals surface area contributed by atoms with Crippen molar-refractivity contribution in [2.75, 3.05) is 11.3 Å². The Morgan fingerprint density at radius 2 is 2.15 bits per heavy atom. The summed E-state index contributed by atoms with van der Waals surface area (Å²) in [5, 5.41) is 10.8. The number of aliphatic hydroxyl groups is 1. The normalized spacial score (nSPS) is 11.3. The van der Waals surface area contributed by atoms with E-state index in [9.17, 15) is 8.42 Å². The molecule has 2 rings (SSSR count). The number of ether oxygens (including phenoxy) is 1. The molecule has 1 aromatic heterocycles. The van der Waals surface area contributed by atoms with E-state index >= 15 is 0 Å². The average Bonchev–Trinajstić information content (AvgIpc) is 2.88. The lowest BCUT2D eigenvalue weighted by Crippen LogP contribution is -2.13. The molecular formula is C13H15NO4S2. The quantitative estimate of drug-likeness (QED) is 0.859. The van der Waals surface area contributed by atoms with E-state index in [2.05, 4.69) is 4.72 Å². The minimum absolute atomic E-state index is 0.104. The van der Waals surface area contributed by atoms with E-state index in [0.29, 0.717) is 22.9 Å². The molecule has 5 nitrogen and oxygen atoms in total. The first-order valence-electron chi connectivity index (χ1n) is 5.99. The maximum Gasteiger partial charge on any atom is 0.263 e. The second-order valence-corrected chi connectivity index (χ2v) is 6.58. The van der Waals surface area contributed by atoms with Crippen molar-refractivity contribution in [1.29, 1.82) is 0 Å². The zero-order valence-corrected chi connectivity index (χ0v) is 12.5. The summed E-state index contributed by atoms with van der Waals surface area (Å²) in [5.41, 5.74) is 0.422. The van der Waals surface area contributed by atoms with Crippen molar-refractivity contribution >= 4 is 27.0 Å². The highest BCUT2D eigenvalue weighted by molar-refractivity contribution is 7.93. The molecule has 108 valence electrons. The molecule has 0 aliphatic rings. The van der Waals surface area contributed by atoms with Crippen LogP contribution in [0.15, 0.2) is 40.6 Å². The van der Waals surface area contributed by atoms with Gasteiger partial charge < -0.3 is 9.84 Å². The molecule has 0 spiro atoms. The van der Waals surface area contributed by atoms with Crippen molar-refractivity contribution in [2.24, 2.45) is 0 Å². The van der Waals surface area contributed by atoms with Crippen molar-refractivity contribution in [1.82, 2.24) is 0 Å². The third kappa shape index (κ3) is 3.30. The lowest BCUT2D eigenvalue weighted by molar-refractivity contribution is 0.282. The molecule has 1 aromatic carbocycles. The van der Waals surface area contributed by atoms with E-state index in [1.807, 2.05) is 6.92 Å². The van der Waals surface area contributed by atoms with Crippen LogP contribution in [0, 0.1) is 0 Å². The zero-order valence-electron chi connectivity index (χ0n) is 10.9. The summed E-state index contributed by atoms with van der Waals surface area (Å²) in [4.78, 5) is 0.519. The first kappa shape index (κ1) is 14.8. The van der Waals surface area contributed by atoms with Crippen LogP contribution in [-0.2, 0) is 16.6 Å². The molecule has 0 unspecified atom stereocenters. The van der Waals surface area contributed by atoms with Gasteiger partial charge in [-0.3, -0.25) is 4.72 Å². The molecular weight excluding hydrogens is 298 g/mol. The van der Waals surface area contributed by atoms with E-state index in [1.54, 1.807) is 29.6 Å². The molecule has 2 aromatic rings. The number of aliphatic hydroxyl groups excluding tert-OH is 1. The molecule has 2 N–H and O–H groups in total. The highest BCUT2D eigenvalue weighted by Crippen LogP contribution is 2.25. The average molecular weight is 313 g/mol. The molecule has 7 heteroatoms. The van der Waals surface area contributed by atoms with Crippen LogP contribution in [0.2, 0.25) is 0 Å². The second-order valence-electron chi connectivity index (χ2n) is 3.93. The topological polar surface area (TPSA) is 75.6 Å². The Kier molecular flexibility index (Phi) is 4.64. The zero-order chi connectivity index (χ0) is 14.6. The van der Waals surface area contributed by atoms with Crippen LogP contribution in [0.4, 0.5) is 5.69 Å². The molecule has 1 heterocycles. The molecule has 0 saturated carbocycles. The maximum atomic E-state index is 12.3. The largest absolute Gasteiger partial charge is 0.494 e. The van der Waals surface area contributed by atoms with E-state index < -0.39 is 10.0 Å². The standard InChI is InChI=1S/C13H15NO4S2/c1-2-18-11-5-3-4-10(8-11)14-20(16,17)13-6-7-19-12(13)9-15/h3-8,14-15H,2,9H2,1H3. The summed E-state index contributed by atoms with van der Waals surface area (Å²) in [6.07, 6.45) is 0. The lowest BCUT2D eigenvalue weighted by Gasteiger charge is -2.10. The van der Waals surface area contributed by atoms with Crippen LogP contribution in [-0.4, -0.2) is 20.1 Å². The number of thiophene rings is 1. The number of rotatable bonds is 6. The van der Waals surface area contributed by atoms with E-state index in [0.717, 1.165) is 0 Å². The van der Waals surface area contributed by atoms with Gasteiger partial charge in [0.2, 0.25) is 0 Å². The number of anilines is 1. The van der Waals surface area contributed by atoms with Crippen molar-refractivity contribution in [3.05, 3.63) is 40.6 Å². The summed E-state index contributed by atoms with van der Waals surface area (Å²) in [7, 11) is -3.70. The van der Waals surface area contributed by atoms with Gasteiger partial charge in [0.25, 0.3) is 10.0 Å². The molecule has 20 heavy (non-hydrogen) atoms. The number of sulfonamides is 1. The lowest BCUT2D eigenvalue weighted by atomic mass is 10.3. The molecule has 0 fully saturated rings. The van der Waals surface area contributed by atoms with Crippen LogP contribution >= 0.6 is 11.3 Å². The molecule has 0 radical (unpaired) electrons. The molecule has 0 bridgehead atoms. The van der Waals surface area contributed by atoms with Gasteiger partial charge in [-0.15, -0.1) is 11.3 Å². The van der Waals surface area contributed by atoms with Crippen LogP contribution < -0.4 is 9.46 Å². The van der Waals surface area contributed by atoms with Crippen LogP contribution in [0.5, 0.6) is 5.75 Å². The van der Waals surface area contributed by atoms with Gasteiger partial charge >= 0.3 is 0 Å². The summed E-state index contributed by atoms with van der Waals surface area (Å²) in [6.45, 7) is 2.07. The third-order valence-electron chi connectivity index (χ3n) is 2.53. The highest BCUT2D eigenvalue weighted by atomic mass is 32.2. The summed E-state index contributed by atoms with van der Waals surface area (Å²) in [5.74, 6) is 0.598. The van der Waals surface area contributed by atoms with Crippen molar-refractivity contribution in [3.63, 3.8) is 0 Å². The third-order valence-corrected chi connectivity index (χ3v) is 5.04. The van der Waals surface area contributed by atoms with E-state index in [-0.39, 0.29) is 11.5 Å². The van der Waals surface area contributed by atoms with Crippen LogP contribution in [0.3, 0.4) is 0 Å². The summed E-state index contributed by atoms with van der Waals surface area (Å²) >= 11 is 1.20. The Morgan fingerprint density at radius 3 is 2.85 bits per heavy atom. The van der Waals surface area contributed by atoms with Crippen molar-refractivity contribution < 1.29 is 18.3 Å². The minimum atomic E-state index is -3.70. The Balaban J connectivity index is 2.26. The fourth-order valence-electron chi connectivity index (χ4n) is 1.71. The van der Waals surface area contributed by atoms with E-state index in [4.69, 9.17) is 9.84 Å². The maximum absolute atomic E-state index is 12.3. The second kappa shape index (κ2) is 6.25. The van der Waals surface area contributed by atoms with Gasteiger partial charge in [-0.05, 0) is 30.5 Å². The monoisotopic (exact) mass is 313 g/mol. The van der Waals surface area contributed by atoms with Gasteiger partial charge in [0.1, 0.15) is 10.6 Å². The van der Waals surface area contributed by atoms with Crippen molar-refractivity contribution in [2.45, 2.75) is 18.4 Å². The first-order chi connectivity index (χ1) is 9.56. The summed E-state index contributed by atoms with van der Waals surface area (Å²) in [6, 6.07) is 8.20. The molecule has 0 amide bonds. The SMILES string of the molecule is CCOc1cccc(NS(=O)(=O)c2ccsc2CO)c1. The number of benzene rings is 1. The Hall–Kier alpha value is -1.57. The Labute approximate surface area is 121 Å². The molecule has 0 aliphatic heterocycles.